The van der Waals surface area contributed by atoms with Crippen LogP contribution in [0.25, 0.3) is 0 Å². The summed E-state index contributed by atoms with van der Waals surface area (Å²) < 4.78 is 0. The maximum Gasteiger partial charge on any atom is 0.0967 e. The normalized spacial score (nSPS) is 51.0. The van der Waals surface area contributed by atoms with Gasteiger partial charge in [0, 0.05) is 12.1 Å². The molecule has 0 aromatic heterocycles. The molecule has 2 heterocycles. The van der Waals surface area contributed by atoms with E-state index in [-0.39, 0.29) is 24.5 Å². The molecule has 0 aromatic carbocycles. The van der Waals surface area contributed by atoms with Gasteiger partial charge in [-0.3, -0.25) is 0 Å². The average Bonchev–Trinajstić information content (AvgIpc) is 2.37. The first kappa shape index (κ1) is 8.27. The molecule has 0 saturated carbocycles. The molecule has 4 atom stereocenters. The smallest absolute Gasteiger partial charge is 0.0967 e. The highest BCUT2D eigenvalue weighted by Gasteiger charge is 2.45. The lowest BCUT2D eigenvalue weighted by Gasteiger charge is -2.19. The highest BCUT2D eigenvalue weighted by Crippen LogP contribution is 2.28. The third kappa shape index (κ3) is 0.937. The first-order chi connectivity index (χ1) is 4.29. The predicted molar refractivity (Wildman–Crippen MR) is 39.2 cm³/mol. The molecule has 0 spiro atoms. The van der Waals surface area contributed by atoms with E-state index in [1.807, 2.05) is 0 Å². The number of rotatable bonds is 0. The van der Waals surface area contributed by atoms with Crippen molar-refractivity contribution in [3.8, 4) is 0 Å². The molecule has 2 bridgehead atoms. The molecule has 3 nitrogen and oxygen atoms in total. The second-order valence-corrected chi connectivity index (χ2v) is 2.94. The van der Waals surface area contributed by atoms with Gasteiger partial charge in [-0.2, -0.15) is 0 Å². The molecule has 0 radical (unpaired) electrons. The number of fused-ring (bicyclic) bond motifs is 2. The summed E-state index contributed by atoms with van der Waals surface area (Å²) in [5.41, 5.74) is 0. The number of nitrogens with one attached hydrogen (secondary N) is 1. The SMILES string of the molecule is Cl.OC1C2CCC(N2)C1O. The first-order valence-corrected chi connectivity index (χ1v) is 3.41. The van der Waals surface area contributed by atoms with Gasteiger partial charge in [-0.05, 0) is 12.8 Å². The Labute approximate surface area is 65.8 Å². The lowest BCUT2D eigenvalue weighted by atomic mass is 9.95. The van der Waals surface area contributed by atoms with Gasteiger partial charge < -0.3 is 15.5 Å². The van der Waals surface area contributed by atoms with Gasteiger partial charge in [0.25, 0.3) is 0 Å². The van der Waals surface area contributed by atoms with Crippen LogP contribution in [-0.4, -0.2) is 34.5 Å². The summed E-state index contributed by atoms with van der Waals surface area (Å²) in [6.45, 7) is 0. The standard InChI is InChI=1S/C6H11NO2.ClH/c8-5-3-1-2-4(7-3)6(5)9;/h3-9H,1-2H2;1H. The number of hydrogen-bond donors (Lipinski definition) is 3. The summed E-state index contributed by atoms with van der Waals surface area (Å²) in [4.78, 5) is 0. The molecule has 0 aliphatic carbocycles. The summed E-state index contributed by atoms with van der Waals surface area (Å²) in [5, 5.41) is 21.5. The molecule has 0 aromatic rings. The van der Waals surface area contributed by atoms with Crippen LogP contribution < -0.4 is 5.32 Å². The molecule has 4 unspecified atom stereocenters. The van der Waals surface area contributed by atoms with E-state index in [1.165, 1.54) is 0 Å². The van der Waals surface area contributed by atoms with Crippen molar-refractivity contribution in [2.45, 2.75) is 37.1 Å². The Morgan fingerprint density at radius 3 is 1.60 bits per heavy atom. The molecule has 0 amide bonds. The van der Waals surface area contributed by atoms with Gasteiger partial charge >= 0.3 is 0 Å². The van der Waals surface area contributed by atoms with Crippen LogP contribution in [0.1, 0.15) is 12.8 Å². The van der Waals surface area contributed by atoms with Gasteiger partial charge in [0.1, 0.15) is 0 Å². The second-order valence-electron chi connectivity index (χ2n) is 2.94. The van der Waals surface area contributed by atoms with Crippen molar-refractivity contribution in [3.63, 3.8) is 0 Å². The number of aliphatic hydroxyl groups excluding tert-OH is 2. The lowest BCUT2D eigenvalue weighted by molar-refractivity contribution is 0.0123. The van der Waals surface area contributed by atoms with Crippen molar-refractivity contribution in [3.05, 3.63) is 0 Å². The van der Waals surface area contributed by atoms with Crippen LogP contribution in [0.15, 0.2) is 0 Å². The van der Waals surface area contributed by atoms with Gasteiger partial charge in [-0.25, -0.2) is 0 Å². The van der Waals surface area contributed by atoms with Crippen molar-refractivity contribution in [2.75, 3.05) is 0 Å². The minimum absolute atomic E-state index is 0. The van der Waals surface area contributed by atoms with Crippen LogP contribution in [0.2, 0.25) is 0 Å². The molecule has 2 rings (SSSR count). The van der Waals surface area contributed by atoms with Crippen molar-refractivity contribution in [2.24, 2.45) is 0 Å². The van der Waals surface area contributed by atoms with Crippen LogP contribution in [-0.2, 0) is 0 Å². The highest BCUT2D eigenvalue weighted by atomic mass is 35.5. The van der Waals surface area contributed by atoms with Crippen molar-refractivity contribution in [1.82, 2.24) is 5.32 Å². The largest absolute Gasteiger partial charge is 0.389 e. The topological polar surface area (TPSA) is 52.5 Å². The van der Waals surface area contributed by atoms with Crippen molar-refractivity contribution < 1.29 is 10.2 Å². The van der Waals surface area contributed by atoms with Crippen LogP contribution in [0, 0.1) is 0 Å². The molecule has 4 heteroatoms. The molecule has 10 heavy (non-hydrogen) atoms. The average molecular weight is 166 g/mol. The zero-order chi connectivity index (χ0) is 6.43. The number of hydrogen-bond acceptors (Lipinski definition) is 3. The molecular weight excluding hydrogens is 154 g/mol. The summed E-state index contributed by atoms with van der Waals surface area (Å²) in [5.74, 6) is 0. The third-order valence-corrected chi connectivity index (χ3v) is 2.39. The van der Waals surface area contributed by atoms with E-state index in [0.29, 0.717) is 0 Å². The Balaban J connectivity index is 0.000000500. The molecule has 2 aliphatic rings. The van der Waals surface area contributed by atoms with E-state index in [0.717, 1.165) is 12.8 Å². The van der Waals surface area contributed by atoms with Crippen molar-refractivity contribution in [1.29, 1.82) is 0 Å². The third-order valence-electron chi connectivity index (χ3n) is 2.39. The minimum Gasteiger partial charge on any atom is -0.389 e. The summed E-state index contributed by atoms with van der Waals surface area (Å²) in [7, 11) is 0. The minimum atomic E-state index is -0.510. The van der Waals surface area contributed by atoms with E-state index < -0.39 is 12.2 Å². The van der Waals surface area contributed by atoms with Crippen molar-refractivity contribution >= 4 is 12.4 Å². The number of aliphatic hydroxyl groups is 2. The zero-order valence-corrected chi connectivity index (χ0v) is 6.34. The predicted octanol–water partition coefficient (Wildman–Crippen LogP) is -0.736. The van der Waals surface area contributed by atoms with Gasteiger partial charge in [0.05, 0.1) is 12.2 Å². The Hall–Kier alpha value is 0.170. The molecular formula is C6H12ClNO2. The van der Waals surface area contributed by atoms with Crippen LogP contribution in [0.3, 0.4) is 0 Å². The van der Waals surface area contributed by atoms with Gasteiger partial charge in [-0.15, -0.1) is 12.4 Å². The summed E-state index contributed by atoms with van der Waals surface area (Å²) >= 11 is 0. The van der Waals surface area contributed by atoms with Gasteiger partial charge in [-0.1, -0.05) is 0 Å². The first-order valence-electron chi connectivity index (χ1n) is 3.41. The second kappa shape index (κ2) is 2.66. The quantitative estimate of drug-likeness (QED) is 0.444. The van der Waals surface area contributed by atoms with E-state index in [9.17, 15) is 10.2 Å². The Kier molecular flexibility index (Phi) is 2.20. The van der Waals surface area contributed by atoms with E-state index >= 15 is 0 Å². The zero-order valence-electron chi connectivity index (χ0n) is 5.53. The fourth-order valence-corrected chi connectivity index (χ4v) is 1.82. The summed E-state index contributed by atoms with van der Waals surface area (Å²) in [6, 6.07) is 0.343. The highest BCUT2D eigenvalue weighted by molar-refractivity contribution is 5.85. The maximum atomic E-state index is 9.18. The van der Waals surface area contributed by atoms with Crippen LogP contribution in [0.4, 0.5) is 0 Å². The van der Waals surface area contributed by atoms with Crippen LogP contribution >= 0.6 is 12.4 Å². The molecule has 2 aliphatic heterocycles. The molecule has 2 saturated heterocycles. The van der Waals surface area contributed by atoms with E-state index in [1.54, 1.807) is 0 Å². The summed E-state index contributed by atoms with van der Waals surface area (Å²) in [6.07, 6.45) is 1.01. The fourth-order valence-electron chi connectivity index (χ4n) is 1.82. The molecule has 3 N–H and O–H groups in total. The van der Waals surface area contributed by atoms with E-state index in [4.69, 9.17) is 0 Å². The van der Waals surface area contributed by atoms with Gasteiger partial charge in [0.2, 0.25) is 0 Å². The maximum absolute atomic E-state index is 9.18. The lowest BCUT2D eigenvalue weighted by Crippen LogP contribution is -2.36. The van der Waals surface area contributed by atoms with Gasteiger partial charge in [0.15, 0.2) is 0 Å². The molecule has 60 valence electrons. The fraction of sp³-hybridized carbons (Fsp3) is 1.00. The Morgan fingerprint density at radius 2 is 1.40 bits per heavy atom. The van der Waals surface area contributed by atoms with Crippen LogP contribution in [0.5, 0.6) is 0 Å². The van der Waals surface area contributed by atoms with E-state index in [2.05, 4.69) is 5.32 Å². The Morgan fingerprint density at radius 1 is 1.00 bits per heavy atom. The monoisotopic (exact) mass is 165 g/mol. The Bertz CT molecular complexity index is 115. The molecule has 2 fully saturated rings. The number of halogens is 1.